The minimum Gasteiger partial charge on any atom is -0.328 e. The summed E-state index contributed by atoms with van der Waals surface area (Å²) >= 11 is 0. The number of amides is 1. The summed E-state index contributed by atoms with van der Waals surface area (Å²) in [6.45, 7) is 7.85. The molecule has 1 aliphatic heterocycles. The lowest BCUT2D eigenvalue weighted by molar-refractivity contribution is -0.117. The number of benzene rings is 2. The van der Waals surface area contributed by atoms with Crippen LogP contribution in [-0.4, -0.2) is 22.0 Å². The van der Waals surface area contributed by atoms with E-state index in [9.17, 15) is 4.79 Å². The highest BCUT2D eigenvalue weighted by Gasteiger charge is 2.34. The Morgan fingerprint density at radius 1 is 1.12 bits per heavy atom. The van der Waals surface area contributed by atoms with Crippen LogP contribution >= 0.6 is 0 Å². The third kappa shape index (κ3) is 2.72. The van der Waals surface area contributed by atoms with Gasteiger partial charge in [-0.25, -0.2) is 4.98 Å². The maximum atomic E-state index is 12.7. The van der Waals surface area contributed by atoms with Crippen molar-refractivity contribution in [3.63, 3.8) is 0 Å². The Kier molecular flexibility index (Phi) is 3.83. The van der Waals surface area contributed by atoms with Crippen LogP contribution in [-0.2, 0) is 11.3 Å². The maximum absolute atomic E-state index is 12.7. The van der Waals surface area contributed by atoms with Crippen molar-refractivity contribution >= 4 is 22.6 Å². The SMILES string of the molecule is CCn1c([C@@H]2CC(=O)N(c3cc(C)cc(C)c3)C2)nc2ccccc21. The Bertz CT molecular complexity index is 937. The average Bonchev–Trinajstić information content (AvgIpc) is 3.14. The first-order valence-electron chi connectivity index (χ1n) is 8.90. The summed E-state index contributed by atoms with van der Waals surface area (Å²) in [6, 6.07) is 14.5. The zero-order chi connectivity index (χ0) is 17.6. The average molecular weight is 333 g/mol. The molecule has 25 heavy (non-hydrogen) atoms. The third-order valence-electron chi connectivity index (χ3n) is 5.01. The predicted molar refractivity (Wildman–Crippen MR) is 101 cm³/mol. The van der Waals surface area contributed by atoms with Gasteiger partial charge >= 0.3 is 0 Å². The fourth-order valence-electron chi connectivity index (χ4n) is 3.97. The Hall–Kier alpha value is -2.62. The first kappa shape index (κ1) is 15.9. The number of carbonyl (C=O) groups is 1. The second-order valence-electron chi connectivity index (χ2n) is 6.95. The van der Waals surface area contributed by atoms with E-state index in [1.54, 1.807) is 0 Å². The maximum Gasteiger partial charge on any atom is 0.227 e. The summed E-state index contributed by atoms with van der Waals surface area (Å²) in [4.78, 5) is 19.5. The number of aromatic nitrogens is 2. The summed E-state index contributed by atoms with van der Waals surface area (Å²) < 4.78 is 2.25. The van der Waals surface area contributed by atoms with Crippen molar-refractivity contribution in [2.24, 2.45) is 0 Å². The molecule has 1 aromatic heterocycles. The minimum absolute atomic E-state index is 0.140. The Balaban J connectivity index is 1.71. The van der Waals surface area contributed by atoms with E-state index < -0.39 is 0 Å². The van der Waals surface area contributed by atoms with Crippen LogP contribution in [0.3, 0.4) is 0 Å². The molecule has 1 fully saturated rings. The molecule has 128 valence electrons. The minimum atomic E-state index is 0.140. The van der Waals surface area contributed by atoms with Crippen molar-refractivity contribution in [1.29, 1.82) is 0 Å². The van der Waals surface area contributed by atoms with Crippen molar-refractivity contribution in [3.05, 3.63) is 59.4 Å². The summed E-state index contributed by atoms with van der Waals surface area (Å²) in [6.07, 6.45) is 0.524. The van der Waals surface area contributed by atoms with E-state index in [-0.39, 0.29) is 11.8 Å². The number of fused-ring (bicyclic) bond motifs is 1. The lowest BCUT2D eigenvalue weighted by Crippen LogP contribution is -2.24. The van der Waals surface area contributed by atoms with Crippen LogP contribution in [0.15, 0.2) is 42.5 Å². The van der Waals surface area contributed by atoms with Crippen LogP contribution in [0.1, 0.15) is 36.2 Å². The molecule has 4 heteroatoms. The smallest absolute Gasteiger partial charge is 0.227 e. The molecule has 4 nitrogen and oxygen atoms in total. The van der Waals surface area contributed by atoms with Crippen molar-refractivity contribution in [2.45, 2.75) is 39.7 Å². The van der Waals surface area contributed by atoms with Crippen LogP contribution < -0.4 is 4.90 Å². The molecule has 1 aliphatic rings. The molecule has 0 N–H and O–H groups in total. The molecule has 2 heterocycles. The normalized spacial score (nSPS) is 17.6. The number of rotatable bonds is 3. The van der Waals surface area contributed by atoms with Gasteiger partial charge in [0.2, 0.25) is 5.91 Å². The highest BCUT2D eigenvalue weighted by molar-refractivity contribution is 5.96. The molecular weight excluding hydrogens is 310 g/mol. The number of carbonyl (C=O) groups excluding carboxylic acids is 1. The fraction of sp³-hybridized carbons (Fsp3) is 0.333. The molecule has 0 aliphatic carbocycles. The fourth-order valence-corrected chi connectivity index (χ4v) is 3.97. The standard InChI is InChI=1S/C21H23N3O/c1-4-23-19-8-6-5-7-18(19)22-21(23)16-12-20(25)24(13-16)17-10-14(2)9-15(3)11-17/h5-11,16H,4,12-13H2,1-3H3/t16-/m1/s1. The molecule has 0 saturated carbocycles. The largest absolute Gasteiger partial charge is 0.328 e. The van der Waals surface area contributed by atoms with Gasteiger partial charge in [-0.3, -0.25) is 4.79 Å². The zero-order valence-corrected chi connectivity index (χ0v) is 15.0. The Labute approximate surface area is 148 Å². The monoisotopic (exact) mass is 333 g/mol. The summed E-state index contributed by atoms with van der Waals surface area (Å²) in [5.74, 6) is 1.36. The molecule has 4 rings (SSSR count). The highest BCUT2D eigenvalue weighted by Crippen LogP contribution is 2.33. The molecule has 2 aromatic carbocycles. The van der Waals surface area contributed by atoms with Gasteiger partial charge in [0.1, 0.15) is 5.82 Å². The van der Waals surface area contributed by atoms with Crippen LogP contribution in [0.5, 0.6) is 0 Å². The number of hydrogen-bond donors (Lipinski definition) is 0. The van der Waals surface area contributed by atoms with Crippen molar-refractivity contribution in [2.75, 3.05) is 11.4 Å². The number of hydrogen-bond acceptors (Lipinski definition) is 2. The molecule has 1 saturated heterocycles. The number of anilines is 1. The summed E-state index contributed by atoms with van der Waals surface area (Å²) in [5.41, 5.74) is 5.54. The van der Waals surface area contributed by atoms with E-state index in [0.29, 0.717) is 13.0 Å². The van der Waals surface area contributed by atoms with Crippen molar-refractivity contribution in [1.82, 2.24) is 9.55 Å². The van der Waals surface area contributed by atoms with E-state index in [2.05, 4.69) is 49.6 Å². The first-order chi connectivity index (χ1) is 12.1. The van der Waals surface area contributed by atoms with Gasteiger partial charge in [0.25, 0.3) is 0 Å². The Morgan fingerprint density at radius 3 is 2.56 bits per heavy atom. The van der Waals surface area contributed by atoms with E-state index in [4.69, 9.17) is 4.98 Å². The second-order valence-corrected chi connectivity index (χ2v) is 6.95. The van der Waals surface area contributed by atoms with Crippen LogP contribution in [0.2, 0.25) is 0 Å². The van der Waals surface area contributed by atoms with Gasteiger partial charge < -0.3 is 9.47 Å². The van der Waals surface area contributed by atoms with E-state index in [0.717, 1.165) is 29.1 Å². The van der Waals surface area contributed by atoms with Gasteiger partial charge in [-0.15, -0.1) is 0 Å². The molecule has 0 spiro atoms. The number of nitrogens with zero attached hydrogens (tertiary/aromatic N) is 3. The topological polar surface area (TPSA) is 38.1 Å². The molecule has 1 amide bonds. The first-order valence-corrected chi connectivity index (χ1v) is 8.90. The number of para-hydroxylation sites is 2. The summed E-state index contributed by atoms with van der Waals surface area (Å²) in [5, 5.41) is 0. The van der Waals surface area contributed by atoms with Crippen LogP contribution in [0, 0.1) is 13.8 Å². The molecule has 3 aromatic rings. The lowest BCUT2D eigenvalue weighted by atomic mass is 10.1. The molecular formula is C21H23N3O. The molecule has 0 unspecified atom stereocenters. The van der Waals surface area contributed by atoms with Gasteiger partial charge in [0, 0.05) is 31.1 Å². The van der Waals surface area contributed by atoms with E-state index >= 15 is 0 Å². The molecule has 0 radical (unpaired) electrons. The van der Waals surface area contributed by atoms with Gasteiger partial charge in [0.15, 0.2) is 0 Å². The van der Waals surface area contributed by atoms with Gasteiger partial charge in [-0.2, -0.15) is 0 Å². The highest BCUT2D eigenvalue weighted by atomic mass is 16.2. The second kappa shape index (κ2) is 6.03. The zero-order valence-electron chi connectivity index (χ0n) is 15.0. The van der Waals surface area contributed by atoms with Crippen LogP contribution in [0.25, 0.3) is 11.0 Å². The van der Waals surface area contributed by atoms with Gasteiger partial charge in [-0.05, 0) is 56.2 Å². The van der Waals surface area contributed by atoms with E-state index in [1.807, 2.05) is 23.1 Å². The van der Waals surface area contributed by atoms with Crippen LogP contribution in [0.4, 0.5) is 5.69 Å². The van der Waals surface area contributed by atoms with E-state index in [1.165, 1.54) is 11.1 Å². The third-order valence-corrected chi connectivity index (χ3v) is 5.01. The number of aryl methyl sites for hydroxylation is 3. The summed E-state index contributed by atoms with van der Waals surface area (Å²) in [7, 11) is 0. The van der Waals surface area contributed by atoms with Crippen molar-refractivity contribution < 1.29 is 4.79 Å². The Morgan fingerprint density at radius 2 is 1.84 bits per heavy atom. The van der Waals surface area contributed by atoms with Crippen molar-refractivity contribution in [3.8, 4) is 0 Å². The lowest BCUT2D eigenvalue weighted by Gasteiger charge is -2.18. The van der Waals surface area contributed by atoms with Gasteiger partial charge in [0.05, 0.1) is 11.0 Å². The van der Waals surface area contributed by atoms with Gasteiger partial charge in [-0.1, -0.05) is 18.2 Å². The quantitative estimate of drug-likeness (QED) is 0.721. The predicted octanol–water partition coefficient (Wildman–Crippen LogP) is 4.19. The molecule has 1 atom stereocenters. The number of imidazole rings is 1. The molecule has 0 bridgehead atoms.